The van der Waals surface area contributed by atoms with Gasteiger partial charge >= 0.3 is 5.97 Å². The lowest BCUT2D eigenvalue weighted by atomic mass is 9.77. The molecule has 0 amide bonds. The molecule has 3 aromatic carbocycles. The van der Waals surface area contributed by atoms with Crippen molar-refractivity contribution >= 4 is 34.9 Å². The number of hydrogen-bond acceptors (Lipinski definition) is 8. The van der Waals surface area contributed by atoms with Gasteiger partial charge in [0.15, 0.2) is 40.1 Å². The molecule has 8 nitrogen and oxygen atoms in total. The lowest BCUT2D eigenvalue weighted by Crippen LogP contribution is -2.33. The Labute approximate surface area is 198 Å². The minimum atomic E-state index is -1.57. The third kappa shape index (κ3) is 2.68. The Morgan fingerprint density at radius 2 is 1.45 bits per heavy atom. The Morgan fingerprint density at radius 3 is 1.94 bits per heavy atom. The lowest BCUT2D eigenvalue weighted by molar-refractivity contribution is 0.0222. The van der Waals surface area contributed by atoms with Crippen molar-refractivity contribution < 1.29 is 34.0 Å². The van der Waals surface area contributed by atoms with Crippen LogP contribution < -0.4 is 19.5 Å². The van der Waals surface area contributed by atoms with E-state index in [-0.39, 0.29) is 44.5 Å². The quantitative estimate of drug-likeness (QED) is 0.439. The molecule has 2 aliphatic rings. The third-order valence-electron chi connectivity index (χ3n) is 5.88. The summed E-state index contributed by atoms with van der Waals surface area (Å²) in [5.74, 6) is -1.19. The molecule has 0 atom stereocenters. The fourth-order valence-corrected chi connectivity index (χ4v) is 4.77. The number of phenolic OH excluding ortho intramolecular Hbond substituents is 2. The molecule has 0 radical (unpaired) electrons. The van der Waals surface area contributed by atoms with Crippen LogP contribution in [0.5, 0.6) is 34.5 Å². The number of nitrogens with one attached hydrogen (secondary N) is 1. The Kier molecular flexibility index (Phi) is 4.70. The summed E-state index contributed by atoms with van der Waals surface area (Å²) < 4.78 is 22.6. The van der Waals surface area contributed by atoms with E-state index < -0.39 is 11.6 Å². The number of anilines is 1. The minimum absolute atomic E-state index is 0.00674. The van der Waals surface area contributed by atoms with Gasteiger partial charge in [-0.2, -0.15) is 0 Å². The number of phenols is 2. The molecule has 3 aromatic rings. The first-order valence-electron chi connectivity index (χ1n) is 9.71. The van der Waals surface area contributed by atoms with Crippen LogP contribution in [0.4, 0.5) is 5.69 Å². The highest BCUT2D eigenvalue weighted by molar-refractivity contribution is 6.35. The molecule has 0 bridgehead atoms. The monoisotopic (exact) mass is 489 g/mol. The van der Waals surface area contributed by atoms with Crippen LogP contribution in [-0.2, 0) is 10.3 Å². The van der Waals surface area contributed by atoms with E-state index in [1.807, 2.05) is 0 Å². The number of methoxy groups -OCH3 is 2. The molecule has 10 heteroatoms. The van der Waals surface area contributed by atoms with Crippen molar-refractivity contribution in [1.29, 1.82) is 0 Å². The first-order valence-corrected chi connectivity index (χ1v) is 10.5. The molecular weight excluding hydrogens is 473 g/mol. The van der Waals surface area contributed by atoms with Crippen LogP contribution in [0.1, 0.15) is 27.0 Å². The zero-order valence-corrected chi connectivity index (χ0v) is 19.1. The molecular formula is C23H17Cl2NO7. The van der Waals surface area contributed by atoms with E-state index in [1.165, 1.54) is 26.4 Å². The number of fused-ring (bicyclic) bond motifs is 6. The van der Waals surface area contributed by atoms with Crippen molar-refractivity contribution in [1.82, 2.24) is 0 Å². The summed E-state index contributed by atoms with van der Waals surface area (Å²) >= 11 is 12.9. The van der Waals surface area contributed by atoms with Crippen LogP contribution in [0.15, 0.2) is 30.3 Å². The summed E-state index contributed by atoms with van der Waals surface area (Å²) in [6, 6.07) is 8.17. The molecule has 0 aromatic heterocycles. The maximum Gasteiger partial charge on any atom is 0.340 e. The zero-order chi connectivity index (χ0) is 23.7. The number of aromatic hydroxyl groups is 2. The van der Waals surface area contributed by atoms with Gasteiger partial charge in [-0.3, -0.25) is 0 Å². The fraction of sp³-hybridized carbons (Fsp3) is 0.174. The molecule has 5 rings (SSSR count). The highest BCUT2D eigenvalue weighted by Gasteiger charge is 2.55. The molecule has 3 N–H and O–H groups in total. The molecule has 0 unspecified atom stereocenters. The van der Waals surface area contributed by atoms with E-state index in [2.05, 4.69) is 5.32 Å². The maximum absolute atomic E-state index is 13.1. The summed E-state index contributed by atoms with van der Waals surface area (Å²) in [5.41, 5.74) is 0.553. The van der Waals surface area contributed by atoms with Crippen LogP contribution in [0.3, 0.4) is 0 Å². The minimum Gasteiger partial charge on any atom is -0.503 e. The maximum atomic E-state index is 13.1. The number of carbonyl (C=O) groups excluding carboxylic acids is 1. The third-order valence-corrected chi connectivity index (χ3v) is 6.58. The average Bonchev–Trinajstić information content (AvgIpc) is 3.11. The van der Waals surface area contributed by atoms with Gasteiger partial charge in [-0.25, -0.2) is 4.79 Å². The predicted octanol–water partition coefficient (Wildman–Crippen LogP) is 5.03. The second kappa shape index (κ2) is 7.26. The van der Waals surface area contributed by atoms with E-state index in [9.17, 15) is 15.0 Å². The number of ether oxygens (including phenoxy) is 4. The number of carbonyl (C=O) groups is 1. The van der Waals surface area contributed by atoms with E-state index in [1.54, 1.807) is 25.2 Å². The van der Waals surface area contributed by atoms with Crippen LogP contribution in [0, 0.1) is 0 Å². The van der Waals surface area contributed by atoms with Gasteiger partial charge in [-0.05, 0) is 24.3 Å². The summed E-state index contributed by atoms with van der Waals surface area (Å²) in [6.45, 7) is 0. The second-order valence-corrected chi connectivity index (χ2v) is 8.18. The number of halogens is 2. The van der Waals surface area contributed by atoms with Crippen molar-refractivity contribution in [3.63, 3.8) is 0 Å². The first-order chi connectivity index (χ1) is 15.8. The van der Waals surface area contributed by atoms with Crippen molar-refractivity contribution in [2.75, 3.05) is 26.6 Å². The predicted molar refractivity (Wildman–Crippen MR) is 121 cm³/mol. The Balaban J connectivity index is 1.95. The number of rotatable bonds is 3. The molecule has 0 fully saturated rings. The Bertz CT molecular complexity index is 1290. The van der Waals surface area contributed by atoms with E-state index in [4.69, 9.17) is 42.1 Å². The van der Waals surface area contributed by atoms with Crippen molar-refractivity contribution in [3.8, 4) is 34.5 Å². The van der Waals surface area contributed by atoms with Crippen molar-refractivity contribution in [2.45, 2.75) is 5.60 Å². The van der Waals surface area contributed by atoms with Gasteiger partial charge in [0.05, 0.1) is 30.9 Å². The number of hydrogen-bond donors (Lipinski definition) is 3. The van der Waals surface area contributed by atoms with Gasteiger partial charge in [0.2, 0.25) is 0 Å². The highest BCUT2D eigenvalue weighted by atomic mass is 35.5. The first kappa shape index (κ1) is 21.4. The number of esters is 1. The normalized spacial score (nSPS) is 14.6. The fourth-order valence-electron chi connectivity index (χ4n) is 4.30. The molecule has 33 heavy (non-hydrogen) atoms. The summed E-state index contributed by atoms with van der Waals surface area (Å²) in [6.07, 6.45) is 0. The van der Waals surface area contributed by atoms with Crippen LogP contribution in [0.25, 0.3) is 0 Å². The van der Waals surface area contributed by atoms with E-state index in [0.717, 1.165) is 0 Å². The largest absolute Gasteiger partial charge is 0.503 e. The van der Waals surface area contributed by atoms with E-state index >= 15 is 0 Å². The van der Waals surface area contributed by atoms with Gasteiger partial charge in [-0.15, -0.1) is 0 Å². The lowest BCUT2D eigenvalue weighted by Gasteiger charge is -2.37. The average molecular weight is 490 g/mol. The molecule has 0 saturated carbocycles. The van der Waals surface area contributed by atoms with Crippen LogP contribution >= 0.6 is 23.2 Å². The second-order valence-electron chi connectivity index (χ2n) is 7.42. The smallest absolute Gasteiger partial charge is 0.340 e. The SMILES string of the molecule is CNc1ccc2c(c1)C(=O)OC21c2cc(OC)c(O)c(Cl)c2Oc2c1cc(OC)c(O)c2Cl. The highest BCUT2D eigenvalue weighted by Crippen LogP contribution is 2.63. The topological polar surface area (TPSA) is 106 Å². The Morgan fingerprint density at radius 1 is 0.909 bits per heavy atom. The molecule has 0 saturated heterocycles. The van der Waals surface area contributed by atoms with Gasteiger partial charge < -0.3 is 34.5 Å². The van der Waals surface area contributed by atoms with Crippen LogP contribution in [-0.4, -0.2) is 37.4 Å². The molecule has 0 aliphatic carbocycles. The summed E-state index contributed by atoms with van der Waals surface area (Å²) in [7, 11) is 4.47. The molecule has 170 valence electrons. The van der Waals surface area contributed by atoms with E-state index in [0.29, 0.717) is 27.9 Å². The number of benzene rings is 3. The molecule has 1 spiro atoms. The van der Waals surface area contributed by atoms with Gasteiger partial charge in [0.25, 0.3) is 0 Å². The van der Waals surface area contributed by atoms with Gasteiger partial charge in [0, 0.05) is 18.3 Å². The van der Waals surface area contributed by atoms with Crippen molar-refractivity contribution in [2.24, 2.45) is 0 Å². The standard InChI is InChI=1S/C23H17Cl2NO7/c1-26-9-4-5-11-10(6-9)22(29)33-23(11)12-7-14(30-2)18(27)16(24)20(12)32-21-13(23)8-15(31-3)19(28)17(21)25/h4-8,26-28H,1-3H3. The molecule has 2 heterocycles. The van der Waals surface area contributed by atoms with Gasteiger partial charge in [-0.1, -0.05) is 29.3 Å². The summed E-state index contributed by atoms with van der Waals surface area (Å²) in [5, 5.41) is 23.7. The van der Waals surface area contributed by atoms with Crippen molar-refractivity contribution in [3.05, 3.63) is 62.6 Å². The molecule has 2 aliphatic heterocycles. The van der Waals surface area contributed by atoms with Gasteiger partial charge in [0.1, 0.15) is 10.0 Å². The summed E-state index contributed by atoms with van der Waals surface area (Å²) in [4.78, 5) is 13.1. The zero-order valence-electron chi connectivity index (χ0n) is 17.6. The van der Waals surface area contributed by atoms with Crippen LogP contribution in [0.2, 0.25) is 10.0 Å². The Hall–Kier alpha value is -3.49.